The summed E-state index contributed by atoms with van der Waals surface area (Å²) >= 11 is 0. The second-order valence-corrected chi connectivity index (χ2v) is 6.38. The van der Waals surface area contributed by atoms with Crippen molar-refractivity contribution in [3.05, 3.63) is 70.7 Å². The first kappa shape index (κ1) is 17.4. The van der Waals surface area contributed by atoms with Crippen molar-refractivity contribution >= 4 is 5.69 Å². The molecule has 2 heterocycles. The lowest BCUT2D eigenvalue weighted by molar-refractivity contribution is 0.189. The number of hydrogen-bond donors (Lipinski definition) is 0. The van der Waals surface area contributed by atoms with Crippen LogP contribution in [0.1, 0.15) is 0 Å². The molecule has 0 N–H and O–H groups in total. The van der Waals surface area contributed by atoms with Crippen LogP contribution >= 0.6 is 0 Å². The van der Waals surface area contributed by atoms with Crippen LogP contribution < -0.4 is 10.7 Å². The average molecular weight is 372 g/mol. The molecule has 8 heteroatoms. The number of benzene rings is 2. The van der Waals surface area contributed by atoms with Crippen LogP contribution in [0.15, 0.2) is 57.7 Å². The van der Waals surface area contributed by atoms with Gasteiger partial charge in [0.25, 0.3) is 0 Å². The van der Waals surface area contributed by atoms with Gasteiger partial charge < -0.3 is 9.32 Å². The quantitative estimate of drug-likeness (QED) is 0.705. The summed E-state index contributed by atoms with van der Waals surface area (Å²) in [6.07, 6.45) is 0. The summed E-state index contributed by atoms with van der Waals surface area (Å²) in [5.41, 5.74) is 1.13. The molecular weight excluding hydrogens is 354 g/mol. The number of halogens is 2. The monoisotopic (exact) mass is 372 g/mol. The van der Waals surface area contributed by atoms with Crippen molar-refractivity contribution in [1.29, 1.82) is 0 Å². The molecule has 6 nitrogen and oxygen atoms in total. The topological polar surface area (TPSA) is 54.5 Å². The number of nitrogens with zero attached hydrogens (tertiary/aromatic N) is 4. The maximum Gasteiger partial charge on any atom is 0.438 e. The van der Waals surface area contributed by atoms with Crippen LogP contribution in [0, 0.1) is 11.6 Å². The fraction of sp³-hybridized carbons (Fsp3) is 0.263. The lowest BCUT2D eigenvalue weighted by Gasteiger charge is -2.35. The molecule has 140 valence electrons. The van der Waals surface area contributed by atoms with Gasteiger partial charge in [-0.1, -0.05) is 12.1 Å². The van der Waals surface area contributed by atoms with Crippen LogP contribution in [-0.2, 0) is 6.67 Å². The van der Waals surface area contributed by atoms with E-state index in [1.54, 1.807) is 12.1 Å². The molecule has 0 atom stereocenters. The summed E-state index contributed by atoms with van der Waals surface area (Å²) < 4.78 is 33.4. The van der Waals surface area contributed by atoms with Crippen molar-refractivity contribution in [3.8, 4) is 11.5 Å². The van der Waals surface area contributed by atoms with Crippen molar-refractivity contribution in [2.45, 2.75) is 6.67 Å². The molecule has 0 amide bonds. The zero-order valence-corrected chi connectivity index (χ0v) is 14.5. The smallest absolute Gasteiger partial charge is 0.388 e. The third kappa shape index (κ3) is 3.75. The minimum Gasteiger partial charge on any atom is -0.388 e. The van der Waals surface area contributed by atoms with E-state index in [1.165, 1.54) is 35.0 Å². The molecule has 1 aliphatic rings. The molecule has 1 aromatic heterocycles. The largest absolute Gasteiger partial charge is 0.438 e. The molecule has 0 spiro atoms. The Morgan fingerprint density at radius 2 is 1.67 bits per heavy atom. The van der Waals surface area contributed by atoms with Gasteiger partial charge in [-0.05, 0) is 36.4 Å². The second-order valence-electron chi connectivity index (χ2n) is 6.38. The predicted molar refractivity (Wildman–Crippen MR) is 96.3 cm³/mol. The number of para-hydroxylation sites is 1. The molecule has 1 fully saturated rings. The summed E-state index contributed by atoms with van der Waals surface area (Å²) in [5.74, 6) is -1.01. The van der Waals surface area contributed by atoms with Crippen molar-refractivity contribution in [3.63, 3.8) is 0 Å². The van der Waals surface area contributed by atoms with E-state index in [2.05, 4.69) is 10.00 Å². The highest BCUT2D eigenvalue weighted by atomic mass is 19.1. The van der Waals surface area contributed by atoms with Crippen LogP contribution in [0.3, 0.4) is 0 Å². The lowest BCUT2D eigenvalue weighted by atomic mass is 10.2. The summed E-state index contributed by atoms with van der Waals surface area (Å²) in [5, 5.41) is 4.19. The highest BCUT2D eigenvalue weighted by Crippen LogP contribution is 2.20. The fourth-order valence-electron chi connectivity index (χ4n) is 3.13. The molecule has 2 aromatic carbocycles. The van der Waals surface area contributed by atoms with Gasteiger partial charge in [0.15, 0.2) is 0 Å². The average Bonchev–Trinajstić information content (AvgIpc) is 3.04. The number of anilines is 1. The van der Waals surface area contributed by atoms with Gasteiger partial charge in [0, 0.05) is 31.7 Å². The number of aromatic nitrogens is 2. The third-order valence-corrected chi connectivity index (χ3v) is 4.60. The van der Waals surface area contributed by atoms with E-state index in [0.29, 0.717) is 37.4 Å². The number of rotatable bonds is 4. The maximum absolute atomic E-state index is 13.9. The van der Waals surface area contributed by atoms with Crippen molar-refractivity contribution in [2.24, 2.45) is 0 Å². The Balaban J connectivity index is 1.41. The summed E-state index contributed by atoms with van der Waals surface area (Å²) in [6, 6.07) is 12.3. The van der Waals surface area contributed by atoms with Crippen LogP contribution in [-0.4, -0.2) is 40.9 Å². The van der Waals surface area contributed by atoms with Gasteiger partial charge in [0.2, 0.25) is 5.89 Å². The molecule has 0 radical (unpaired) electrons. The van der Waals surface area contributed by atoms with E-state index in [0.717, 1.165) is 0 Å². The summed E-state index contributed by atoms with van der Waals surface area (Å²) in [6.45, 7) is 2.92. The van der Waals surface area contributed by atoms with E-state index in [1.807, 2.05) is 11.0 Å². The number of hydrogen-bond acceptors (Lipinski definition) is 5. The van der Waals surface area contributed by atoms with Gasteiger partial charge in [-0.25, -0.2) is 13.6 Å². The van der Waals surface area contributed by atoms with Gasteiger partial charge in [-0.15, -0.1) is 5.10 Å². The molecule has 0 bridgehead atoms. The standard InChI is InChI=1S/C19H18F2N4O2/c20-15-7-5-14(6-8-15)18-22-25(19(26)27-18)13-23-9-11-24(12-10-23)17-4-2-1-3-16(17)21/h1-8H,9-13H2. The van der Waals surface area contributed by atoms with E-state index in [9.17, 15) is 13.6 Å². The normalized spacial score (nSPS) is 15.3. The van der Waals surface area contributed by atoms with Gasteiger partial charge in [0.05, 0.1) is 5.69 Å². The molecule has 0 saturated carbocycles. The Labute approximate surface area is 154 Å². The number of piperazine rings is 1. The molecule has 27 heavy (non-hydrogen) atoms. The van der Waals surface area contributed by atoms with Gasteiger partial charge in [0.1, 0.15) is 18.3 Å². The zero-order valence-electron chi connectivity index (χ0n) is 14.5. The van der Waals surface area contributed by atoms with E-state index < -0.39 is 5.76 Å². The summed E-state index contributed by atoms with van der Waals surface area (Å²) in [4.78, 5) is 16.1. The Morgan fingerprint density at radius 3 is 2.37 bits per heavy atom. The molecule has 0 aliphatic carbocycles. The van der Waals surface area contributed by atoms with Gasteiger partial charge in [-0.2, -0.15) is 4.68 Å². The first-order valence-corrected chi connectivity index (χ1v) is 8.66. The Hall–Kier alpha value is -3.00. The van der Waals surface area contributed by atoms with Crippen molar-refractivity contribution in [2.75, 3.05) is 31.1 Å². The Kier molecular flexibility index (Phi) is 4.72. The van der Waals surface area contributed by atoms with Crippen LogP contribution in [0.2, 0.25) is 0 Å². The van der Waals surface area contributed by atoms with E-state index in [-0.39, 0.29) is 24.2 Å². The molecule has 1 aliphatic heterocycles. The minimum absolute atomic E-state index is 0.157. The lowest BCUT2D eigenvalue weighted by Crippen LogP contribution is -2.48. The molecule has 0 unspecified atom stereocenters. The Morgan fingerprint density at radius 1 is 0.963 bits per heavy atom. The summed E-state index contributed by atoms with van der Waals surface area (Å²) in [7, 11) is 0. The molecule has 4 rings (SSSR count). The highest BCUT2D eigenvalue weighted by molar-refractivity contribution is 5.51. The van der Waals surface area contributed by atoms with Crippen LogP contribution in [0.4, 0.5) is 14.5 Å². The fourth-order valence-corrected chi connectivity index (χ4v) is 3.13. The van der Waals surface area contributed by atoms with Crippen LogP contribution in [0.25, 0.3) is 11.5 Å². The van der Waals surface area contributed by atoms with E-state index >= 15 is 0 Å². The minimum atomic E-state index is -0.564. The van der Waals surface area contributed by atoms with Gasteiger partial charge in [-0.3, -0.25) is 4.90 Å². The second kappa shape index (κ2) is 7.32. The highest BCUT2D eigenvalue weighted by Gasteiger charge is 2.21. The first-order chi connectivity index (χ1) is 13.1. The zero-order chi connectivity index (χ0) is 18.8. The van der Waals surface area contributed by atoms with Gasteiger partial charge >= 0.3 is 5.76 Å². The third-order valence-electron chi connectivity index (χ3n) is 4.60. The van der Waals surface area contributed by atoms with Crippen LogP contribution in [0.5, 0.6) is 0 Å². The van der Waals surface area contributed by atoms with E-state index in [4.69, 9.17) is 4.42 Å². The first-order valence-electron chi connectivity index (χ1n) is 8.66. The molecular formula is C19H18F2N4O2. The predicted octanol–water partition coefficient (Wildman–Crippen LogP) is 2.56. The Bertz CT molecular complexity index is 976. The molecule has 1 saturated heterocycles. The SMILES string of the molecule is O=c1oc(-c2ccc(F)cc2)nn1CN1CCN(c2ccccc2F)CC1. The van der Waals surface area contributed by atoms with Crippen molar-refractivity contribution in [1.82, 2.24) is 14.7 Å². The maximum atomic E-state index is 13.9. The van der Waals surface area contributed by atoms with Crippen molar-refractivity contribution < 1.29 is 13.2 Å². The molecule has 3 aromatic rings.